The van der Waals surface area contributed by atoms with E-state index in [9.17, 15) is 14.7 Å². The minimum Gasteiger partial charge on any atom is -0.481 e. The van der Waals surface area contributed by atoms with Gasteiger partial charge in [0.1, 0.15) is 6.10 Å². The van der Waals surface area contributed by atoms with Crippen molar-refractivity contribution in [1.82, 2.24) is 0 Å². The molecule has 0 radical (unpaired) electrons. The van der Waals surface area contributed by atoms with E-state index >= 15 is 0 Å². The molecule has 1 atom stereocenters. The van der Waals surface area contributed by atoms with E-state index in [1.54, 1.807) is 12.1 Å². The van der Waals surface area contributed by atoms with Crippen molar-refractivity contribution in [1.29, 1.82) is 0 Å². The summed E-state index contributed by atoms with van der Waals surface area (Å²) in [4.78, 5) is 21.6. The predicted octanol–water partition coefficient (Wildman–Crippen LogP) is 1.81. The maximum atomic E-state index is 11.4. The van der Waals surface area contributed by atoms with Gasteiger partial charge in [0.25, 0.3) is 0 Å². The normalized spacial score (nSPS) is 12.1. The van der Waals surface area contributed by atoms with E-state index in [2.05, 4.69) is 0 Å². The van der Waals surface area contributed by atoms with Gasteiger partial charge >= 0.3 is 5.97 Å². The Kier molecular flexibility index (Phi) is 4.46. The molecule has 4 nitrogen and oxygen atoms in total. The van der Waals surface area contributed by atoms with Gasteiger partial charge in [-0.15, -0.1) is 0 Å². The molecular formula is C11H11ClO4. The molecule has 0 bridgehead atoms. The molecule has 5 heteroatoms. The summed E-state index contributed by atoms with van der Waals surface area (Å²) in [5.41, 5.74) is 0.416. The molecule has 0 saturated carbocycles. The summed E-state index contributed by atoms with van der Waals surface area (Å²) in [7, 11) is 0. The van der Waals surface area contributed by atoms with Crippen molar-refractivity contribution < 1.29 is 19.8 Å². The average molecular weight is 243 g/mol. The molecule has 0 heterocycles. The number of carboxylic acids is 1. The summed E-state index contributed by atoms with van der Waals surface area (Å²) < 4.78 is 0. The first kappa shape index (κ1) is 12.7. The highest BCUT2D eigenvalue weighted by molar-refractivity contribution is 6.30. The first-order chi connectivity index (χ1) is 7.50. The van der Waals surface area contributed by atoms with Crippen molar-refractivity contribution in [2.75, 3.05) is 0 Å². The topological polar surface area (TPSA) is 74.6 Å². The second-order valence-electron chi connectivity index (χ2n) is 3.31. The lowest BCUT2D eigenvalue weighted by Crippen LogP contribution is -2.13. The molecule has 2 N–H and O–H groups in total. The van der Waals surface area contributed by atoms with Crippen LogP contribution in [0.25, 0.3) is 0 Å². The number of hydrogen-bond donors (Lipinski definition) is 2. The first-order valence-electron chi connectivity index (χ1n) is 4.68. The lowest BCUT2D eigenvalue weighted by Gasteiger charge is -2.08. The smallest absolute Gasteiger partial charge is 0.303 e. The number of ketones is 1. The summed E-state index contributed by atoms with van der Waals surface area (Å²) in [5.74, 6) is -1.57. The Balaban J connectivity index is 2.63. The number of aliphatic carboxylic acids is 1. The number of carboxylic acid groups (broad SMARTS) is 1. The van der Waals surface area contributed by atoms with Crippen LogP contribution in [0.2, 0.25) is 5.02 Å². The standard InChI is InChI=1S/C11H11ClO4/c12-8-3-1-7(2-4-8)11(16)9(13)5-6-10(14)15/h1-4,11,16H,5-6H2,(H,14,15)/t11-/m1/s1. The van der Waals surface area contributed by atoms with E-state index in [4.69, 9.17) is 16.7 Å². The number of carbonyl (C=O) groups excluding carboxylic acids is 1. The quantitative estimate of drug-likeness (QED) is 0.826. The van der Waals surface area contributed by atoms with Crippen molar-refractivity contribution in [3.05, 3.63) is 34.9 Å². The van der Waals surface area contributed by atoms with Crippen molar-refractivity contribution >= 4 is 23.4 Å². The first-order valence-corrected chi connectivity index (χ1v) is 5.06. The van der Waals surface area contributed by atoms with Gasteiger partial charge in [-0.05, 0) is 17.7 Å². The van der Waals surface area contributed by atoms with Crippen LogP contribution in [0.4, 0.5) is 0 Å². The van der Waals surface area contributed by atoms with Gasteiger partial charge < -0.3 is 10.2 Å². The number of halogens is 1. The molecule has 0 aliphatic heterocycles. The Morgan fingerprint density at radius 3 is 2.25 bits per heavy atom. The zero-order valence-electron chi connectivity index (χ0n) is 8.39. The minimum atomic E-state index is -1.28. The van der Waals surface area contributed by atoms with Crippen LogP contribution in [0, 0.1) is 0 Å². The maximum absolute atomic E-state index is 11.4. The Labute approximate surface area is 97.5 Å². The predicted molar refractivity (Wildman–Crippen MR) is 58.3 cm³/mol. The van der Waals surface area contributed by atoms with Crippen molar-refractivity contribution in [2.24, 2.45) is 0 Å². The third kappa shape index (κ3) is 3.64. The van der Waals surface area contributed by atoms with E-state index < -0.39 is 17.9 Å². The summed E-state index contributed by atoms with van der Waals surface area (Å²) >= 11 is 5.65. The molecule has 1 aromatic rings. The molecule has 16 heavy (non-hydrogen) atoms. The van der Waals surface area contributed by atoms with Gasteiger partial charge in [0.05, 0.1) is 6.42 Å². The molecule has 1 aromatic carbocycles. The largest absolute Gasteiger partial charge is 0.481 e. The van der Waals surface area contributed by atoms with Crippen LogP contribution in [0.15, 0.2) is 24.3 Å². The lowest BCUT2D eigenvalue weighted by atomic mass is 10.0. The Bertz CT molecular complexity index is 385. The zero-order valence-corrected chi connectivity index (χ0v) is 9.15. The second kappa shape index (κ2) is 5.63. The van der Waals surface area contributed by atoms with Gasteiger partial charge in [-0.25, -0.2) is 0 Å². The molecule has 0 aliphatic carbocycles. The SMILES string of the molecule is O=C(O)CCC(=O)[C@H](O)c1ccc(Cl)cc1. The number of carbonyl (C=O) groups is 2. The number of hydrogen-bond acceptors (Lipinski definition) is 3. The number of Topliss-reactive ketones (excluding diaryl/α,β-unsaturated/α-hetero) is 1. The van der Waals surface area contributed by atoms with Gasteiger partial charge in [-0.1, -0.05) is 23.7 Å². The fourth-order valence-electron chi connectivity index (χ4n) is 1.20. The molecule has 1 rings (SSSR count). The van der Waals surface area contributed by atoms with E-state index in [0.29, 0.717) is 10.6 Å². The average Bonchev–Trinajstić information content (AvgIpc) is 2.26. The highest BCUT2D eigenvalue weighted by Gasteiger charge is 2.17. The van der Waals surface area contributed by atoms with Crippen LogP contribution < -0.4 is 0 Å². The summed E-state index contributed by atoms with van der Waals surface area (Å²) in [6.45, 7) is 0. The van der Waals surface area contributed by atoms with E-state index in [-0.39, 0.29) is 12.8 Å². The van der Waals surface area contributed by atoms with Gasteiger partial charge in [0.15, 0.2) is 5.78 Å². The van der Waals surface area contributed by atoms with E-state index in [0.717, 1.165) is 0 Å². The summed E-state index contributed by atoms with van der Waals surface area (Å²) in [6.07, 6.45) is -1.74. The van der Waals surface area contributed by atoms with Crippen molar-refractivity contribution in [3.63, 3.8) is 0 Å². The molecule has 0 aliphatic rings. The third-order valence-electron chi connectivity index (χ3n) is 2.08. The molecule has 0 fully saturated rings. The summed E-state index contributed by atoms with van der Waals surface area (Å²) in [5, 5.41) is 18.5. The Hall–Kier alpha value is -1.39. The third-order valence-corrected chi connectivity index (χ3v) is 2.33. The molecule has 0 saturated heterocycles. The van der Waals surface area contributed by atoms with Crippen LogP contribution >= 0.6 is 11.6 Å². The monoisotopic (exact) mass is 242 g/mol. The minimum absolute atomic E-state index is 0.181. The highest BCUT2D eigenvalue weighted by Crippen LogP contribution is 2.18. The van der Waals surface area contributed by atoms with Crippen LogP contribution in [-0.4, -0.2) is 22.0 Å². The Morgan fingerprint density at radius 1 is 1.19 bits per heavy atom. The van der Waals surface area contributed by atoms with Crippen LogP contribution in [0.3, 0.4) is 0 Å². The Morgan fingerprint density at radius 2 is 1.75 bits per heavy atom. The van der Waals surface area contributed by atoms with Gasteiger partial charge in [-0.3, -0.25) is 9.59 Å². The molecule has 0 amide bonds. The molecule has 0 unspecified atom stereocenters. The van der Waals surface area contributed by atoms with Crippen molar-refractivity contribution in [3.8, 4) is 0 Å². The fraction of sp³-hybridized carbons (Fsp3) is 0.273. The van der Waals surface area contributed by atoms with E-state index in [1.165, 1.54) is 12.1 Å². The lowest BCUT2D eigenvalue weighted by molar-refractivity contribution is -0.139. The van der Waals surface area contributed by atoms with Crippen LogP contribution in [0.5, 0.6) is 0 Å². The van der Waals surface area contributed by atoms with E-state index in [1.807, 2.05) is 0 Å². The highest BCUT2D eigenvalue weighted by atomic mass is 35.5. The van der Waals surface area contributed by atoms with Crippen LogP contribution in [-0.2, 0) is 9.59 Å². The molecule has 0 spiro atoms. The maximum Gasteiger partial charge on any atom is 0.303 e. The van der Waals surface area contributed by atoms with Gasteiger partial charge in [0.2, 0.25) is 0 Å². The zero-order chi connectivity index (χ0) is 12.1. The van der Waals surface area contributed by atoms with Gasteiger partial charge in [-0.2, -0.15) is 0 Å². The molecule has 0 aromatic heterocycles. The number of rotatable bonds is 5. The number of aliphatic hydroxyl groups is 1. The number of benzene rings is 1. The molecular weight excluding hydrogens is 232 g/mol. The fourth-order valence-corrected chi connectivity index (χ4v) is 1.32. The second-order valence-corrected chi connectivity index (χ2v) is 3.75. The number of aliphatic hydroxyl groups excluding tert-OH is 1. The van der Waals surface area contributed by atoms with Gasteiger partial charge in [0, 0.05) is 11.4 Å². The van der Waals surface area contributed by atoms with Crippen LogP contribution in [0.1, 0.15) is 24.5 Å². The summed E-state index contributed by atoms with van der Waals surface area (Å²) in [6, 6.07) is 6.19. The van der Waals surface area contributed by atoms with Crippen molar-refractivity contribution in [2.45, 2.75) is 18.9 Å². The molecule has 86 valence electrons.